The minimum absolute atomic E-state index is 0.0204. The molecule has 0 saturated carbocycles. The number of halogens is 4. The zero-order chi connectivity index (χ0) is 17.1. The Morgan fingerprint density at radius 3 is 2.41 bits per heavy atom. The van der Waals surface area contributed by atoms with Gasteiger partial charge in [-0.1, -0.05) is 38.8 Å². The third-order valence-electron chi connectivity index (χ3n) is 3.49. The maximum absolute atomic E-state index is 12.4. The quantitative estimate of drug-likeness (QED) is 0.690. The molecule has 0 aromatic carbocycles. The van der Waals surface area contributed by atoms with E-state index in [1.807, 2.05) is 20.8 Å². The van der Waals surface area contributed by atoms with Gasteiger partial charge in [0, 0.05) is 11.5 Å². The predicted octanol–water partition coefficient (Wildman–Crippen LogP) is 4.53. The number of allylic oxidation sites excluding steroid dienone is 1. The first-order valence-corrected chi connectivity index (χ1v) is 7.55. The molecule has 22 heavy (non-hydrogen) atoms. The highest BCUT2D eigenvalue weighted by Crippen LogP contribution is 2.41. The molecule has 0 radical (unpaired) electrons. The second-order valence-corrected chi connectivity index (χ2v) is 6.75. The average molecular weight is 341 g/mol. The number of carbonyl (C=O) groups is 2. The van der Waals surface area contributed by atoms with Crippen LogP contribution < -0.4 is 0 Å². The Hall–Kier alpha value is -1.04. The van der Waals surface area contributed by atoms with Crippen molar-refractivity contribution >= 4 is 23.4 Å². The third kappa shape index (κ3) is 5.00. The van der Waals surface area contributed by atoms with Crippen molar-refractivity contribution in [1.82, 2.24) is 0 Å². The van der Waals surface area contributed by atoms with Gasteiger partial charge in [-0.15, -0.1) is 0 Å². The van der Waals surface area contributed by atoms with E-state index < -0.39 is 18.2 Å². The molecule has 7 heteroatoms. The zero-order valence-corrected chi connectivity index (χ0v) is 13.6. The summed E-state index contributed by atoms with van der Waals surface area (Å²) < 4.78 is 41.8. The Morgan fingerprint density at radius 2 is 1.95 bits per heavy atom. The van der Waals surface area contributed by atoms with Crippen LogP contribution in [0.15, 0.2) is 10.6 Å². The molecule has 3 nitrogen and oxygen atoms in total. The molecule has 126 valence electrons. The normalized spacial score (nSPS) is 20.0. The summed E-state index contributed by atoms with van der Waals surface area (Å²) in [4.78, 5) is 23.3. The number of Topliss-reactive ketones (excluding diaryl/α,β-unsaturated/α-hetero) is 1. The van der Waals surface area contributed by atoms with E-state index >= 15 is 0 Å². The molecule has 0 aromatic rings. The monoisotopic (exact) mass is 340 g/mol. The van der Waals surface area contributed by atoms with Gasteiger partial charge in [0.05, 0.1) is 5.57 Å². The summed E-state index contributed by atoms with van der Waals surface area (Å²) in [5.41, 5.74) is -0.326. The van der Waals surface area contributed by atoms with Crippen LogP contribution in [0.4, 0.5) is 13.2 Å². The van der Waals surface area contributed by atoms with Crippen molar-refractivity contribution in [2.45, 2.75) is 65.2 Å². The van der Waals surface area contributed by atoms with Gasteiger partial charge in [-0.2, -0.15) is 13.2 Å². The average Bonchev–Trinajstić information content (AvgIpc) is 2.31. The van der Waals surface area contributed by atoms with Crippen molar-refractivity contribution in [3.63, 3.8) is 0 Å². The second kappa shape index (κ2) is 7.02. The maximum atomic E-state index is 12.4. The van der Waals surface area contributed by atoms with Gasteiger partial charge in [-0.05, 0) is 24.7 Å². The van der Waals surface area contributed by atoms with Crippen molar-refractivity contribution < 1.29 is 27.5 Å². The standard InChI is InChI=1S/C15H20ClF3O3/c1-4-5-6-11(22-13(21)15(17,18)19)12-9(16)7-14(2,3)8-10(12)20/h11H,4-8H2,1-3H3/t11-/m0/s1. The molecule has 0 spiro atoms. The number of ketones is 1. The minimum Gasteiger partial charge on any atom is -0.451 e. The molecular formula is C15H20ClF3O3. The van der Waals surface area contributed by atoms with Gasteiger partial charge < -0.3 is 4.74 Å². The fraction of sp³-hybridized carbons (Fsp3) is 0.733. The lowest BCUT2D eigenvalue weighted by Gasteiger charge is -2.32. The molecule has 1 rings (SSSR count). The summed E-state index contributed by atoms with van der Waals surface area (Å²) in [6.07, 6.45) is -4.40. The van der Waals surface area contributed by atoms with Gasteiger partial charge in [-0.25, -0.2) is 4.79 Å². The lowest BCUT2D eigenvalue weighted by atomic mass is 9.76. The molecule has 1 aliphatic carbocycles. The molecule has 0 unspecified atom stereocenters. The lowest BCUT2D eigenvalue weighted by molar-refractivity contribution is -0.203. The van der Waals surface area contributed by atoms with E-state index in [1.165, 1.54) is 0 Å². The van der Waals surface area contributed by atoms with Crippen LogP contribution >= 0.6 is 11.6 Å². The van der Waals surface area contributed by atoms with Crippen molar-refractivity contribution in [2.24, 2.45) is 5.41 Å². The summed E-state index contributed by atoms with van der Waals surface area (Å²) in [7, 11) is 0. The van der Waals surface area contributed by atoms with Gasteiger partial charge in [0.1, 0.15) is 6.10 Å². The third-order valence-corrected chi connectivity index (χ3v) is 3.83. The van der Waals surface area contributed by atoms with E-state index in [1.54, 1.807) is 0 Å². The smallest absolute Gasteiger partial charge is 0.451 e. The Bertz CT molecular complexity index is 481. The van der Waals surface area contributed by atoms with Crippen molar-refractivity contribution in [1.29, 1.82) is 0 Å². The van der Waals surface area contributed by atoms with Crippen LogP contribution in [0.25, 0.3) is 0 Å². The van der Waals surface area contributed by atoms with E-state index in [-0.39, 0.29) is 34.6 Å². The maximum Gasteiger partial charge on any atom is 0.490 e. The number of alkyl halides is 3. The van der Waals surface area contributed by atoms with Gasteiger partial charge in [0.2, 0.25) is 0 Å². The summed E-state index contributed by atoms with van der Waals surface area (Å²) in [6, 6.07) is 0. The molecule has 0 saturated heterocycles. The largest absolute Gasteiger partial charge is 0.490 e. The Labute approximate surface area is 132 Å². The van der Waals surface area contributed by atoms with E-state index in [0.29, 0.717) is 19.3 Å². The van der Waals surface area contributed by atoms with Crippen molar-refractivity contribution in [3.05, 3.63) is 10.6 Å². The summed E-state index contributed by atoms with van der Waals surface area (Å²) in [6.45, 7) is 5.56. The second-order valence-electron chi connectivity index (χ2n) is 6.29. The number of hydrogen-bond acceptors (Lipinski definition) is 3. The molecule has 0 fully saturated rings. The summed E-state index contributed by atoms with van der Waals surface area (Å²) >= 11 is 6.12. The van der Waals surface area contributed by atoms with Gasteiger partial charge in [-0.3, -0.25) is 4.79 Å². The van der Waals surface area contributed by atoms with Gasteiger partial charge >= 0.3 is 12.1 Å². The molecular weight excluding hydrogens is 321 g/mol. The van der Waals surface area contributed by atoms with Crippen LogP contribution in [0, 0.1) is 5.41 Å². The highest BCUT2D eigenvalue weighted by molar-refractivity contribution is 6.32. The number of esters is 1. The number of hydrogen-bond donors (Lipinski definition) is 0. The summed E-state index contributed by atoms with van der Waals surface area (Å²) in [5, 5.41) is 0.192. The summed E-state index contributed by atoms with van der Waals surface area (Å²) in [5.74, 6) is -2.64. The van der Waals surface area contributed by atoms with Crippen LogP contribution in [-0.2, 0) is 14.3 Å². The van der Waals surface area contributed by atoms with Gasteiger partial charge in [0.25, 0.3) is 0 Å². The van der Waals surface area contributed by atoms with Crippen molar-refractivity contribution in [2.75, 3.05) is 0 Å². The van der Waals surface area contributed by atoms with Crippen molar-refractivity contribution in [3.8, 4) is 0 Å². The number of ether oxygens (including phenoxy) is 1. The Balaban J connectivity index is 3.06. The highest BCUT2D eigenvalue weighted by atomic mass is 35.5. The Kier molecular flexibility index (Phi) is 6.07. The van der Waals surface area contributed by atoms with E-state index in [4.69, 9.17) is 11.6 Å². The molecule has 0 N–H and O–H groups in total. The zero-order valence-electron chi connectivity index (χ0n) is 12.8. The number of unbranched alkanes of at least 4 members (excludes halogenated alkanes) is 1. The number of rotatable bonds is 5. The van der Waals surface area contributed by atoms with Crippen LogP contribution in [0.3, 0.4) is 0 Å². The topological polar surface area (TPSA) is 43.4 Å². The first kappa shape index (κ1) is 19.0. The lowest BCUT2D eigenvalue weighted by Crippen LogP contribution is -2.36. The fourth-order valence-electron chi connectivity index (χ4n) is 2.46. The highest BCUT2D eigenvalue weighted by Gasteiger charge is 2.44. The molecule has 0 aromatic heterocycles. The van der Waals surface area contributed by atoms with Crippen LogP contribution in [0.1, 0.15) is 52.9 Å². The van der Waals surface area contributed by atoms with Crippen LogP contribution in [-0.4, -0.2) is 24.0 Å². The molecule has 0 bridgehead atoms. The fourth-order valence-corrected chi connectivity index (χ4v) is 3.05. The van der Waals surface area contributed by atoms with E-state index in [0.717, 1.165) is 0 Å². The SMILES string of the molecule is CCCC[C@H](OC(=O)C(F)(F)F)C1=C(Cl)CC(C)(C)CC1=O. The molecule has 1 aliphatic rings. The molecule has 0 heterocycles. The Morgan fingerprint density at radius 1 is 1.36 bits per heavy atom. The molecule has 1 atom stereocenters. The number of carbonyl (C=O) groups excluding carboxylic acids is 2. The minimum atomic E-state index is -5.09. The van der Waals surface area contributed by atoms with Crippen LogP contribution in [0.5, 0.6) is 0 Å². The molecule has 0 amide bonds. The van der Waals surface area contributed by atoms with Gasteiger partial charge in [0.15, 0.2) is 5.78 Å². The molecule has 0 aliphatic heterocycles. The van der Waals surface area contributed by atoms with E-state index in [2.05, 4.69) is 4.74 Å². The predicted molar refractivity (Wildman–Crippen MR) is 76.4 cm³/mol. The first-order chi connectivity index (χ1) is 9.98. The van der Waals surface area contributed by atoms with E-state index in [9.17, 15) is 22.8 Å². The van der Waals surface area contributed by atoms with Crippen LogP contribution in [0.2, 0.25) is 0 Å². The first-order valence-electron chi connectivity index (χ1n) is 7.17.